The van der Waals surface area contributed by atoms with Crippen LogP contribution in [0, 0.1) is 0 Å². The van der Waals surface area contributed by atoms with Gasteiger partial charge < -0.3 is 12.3 Å². The molecule has 0 radical (unpaired) electrons. The van der Waals surface area contributed by atoms with Crippen molar-refractivity contribution in [1.29, 1.82) is 0 Å². The second kappa shape index (κ2) is 8.94. The number of rotatable bonds is 0. The Morgan fingerprint density at radius 3 is 1.67 bits per heavy atom. The first-order valence-electron chi connectivity index (χ1n) is 3.16. The number of amides is 2. The fourth-order valence-corrected chi connectivity index (χ4v) is 0.884. The summed E-state index contributed by atoms with van der Waals surface area (Å²) in [5, 5.41) is 1.35. The van der Waals surface area contributed by atoms with Crippen LogP contribution < -0.4 is 10.7 Å². The average molecular weight is 430 g/mol. The number of nitrogens with two attached hydrogens (primary N) is 2. The summed E-state index contributed by atoms with van der Waals surface area (Å²) >= 11 is -0.472. The van der Waals surface area contributed by atoms with E-state index in [0.717, 1.165) is 0 Å². The second-order valence-electron chi connectivity index (χ2n) is 2.04. The standard InChI is InChI=1S/C7H4N2O.2ClH.2H2N.Pt/c10-7-8-5-3-1-2-4-6(5)9-7;;;;;/h1-4H;2*1H;2*1H2;/q;;;2*-1;+4/p-2. The molecule has 8 heteroatoms. The summed E-state index contributed by atoms with van der Waals surface area (Å²) in [4.78, 5) is 17.9. The molecule has 4 N–H and O–H groups in total. The van der Waals surface area contributed by atoms with Crippen molar-refractivity contribution in [3.05, 3.63) is 47.3 Å². The number of fused-ring (bicyclic) bond motifs is 1. The molecule has 1 aromatic rings. The Labute approximate surface area is 103 Å². The van der Waals surface area contributed by atoms with E-state index < -0.39 is 22.5 Å². The third kappa shape index (κ3) is 5.35. The first kappa shape index (κ1) is 17.1. The zero-order chi connectivity index (χ0) is 9.68. The average Bonchev–Trinajstić information content (AvgIpc) is 2.45. The Hall–Kier alpha value is -0.322. The number of benzene rings is 1. The molecule has 0 fully saturated rings. The van der Waals surface area contributed by atoms with Crippen LogP contribution >= 0.6 is 18.8 Å². The van der Waals surface area contributed by atoms with Crippen LogP contribution in [0.15, 0.2) is 34.3 Å². The van der Waals surface area contributed by atoms with E-state index in [2.05, 4.69) is 9.98 Å². The van der Waals surface area contributed by atoms with Gasteiger partial charge in [-0.3, -0.25) is 0 Å². The predicted octanol–water partition coefficient (Wildman–Crippen LogP) is 2.87. The number of halogens is 2. The predicted molar refractivity (Wildman–Crippen MR) is 56.4 cm³/mol. The van der Waals surface area contributed by atoms with E-state index in [0.29, 0.717) is 10.7 Å². The van der Waals surface area contributed by atoms with Crippen LogP contribution in [0.4, 0.5) is 4.79 Å². The third-order valence-corrected chi connectivity index (χ3v) is 1.31. The van der Waals surface area contributed by atoms with Crippen LogP contribution in [-0.2, 0) is 16.5 Å². The fraction of sp³-hybridized carbons (Fsp3) is 0. The molecule has 0 spiro atoms. The Morgan fingerprint density at radius 1 is 1.00 bits per heavy atom. The van der Waals surface area contributed by atoms with Gasteiger partial charge in [0.1, 0.15) is 0 Å². The Bertz CT molecular complexity index is 388. The van der Waals surface area contributed by atoms with E-state index in [-0.39, 0.29) is 12.3 Å². The summed E-state index contributed by atoms with van der Waals surface area (Å²) in [6.45, 7) is 0. The molecule has 0 bridgehead atoms. The fourth-order valence-electron chi connectivity index (χ4n) is 0.884. The maximum absolute atomic E-state index is 10.6. The molecule has 1 aliphatic heterocycles. The van der Waals surface area contributed by atoms with Crippen molar-refractivity contribution in [3.8, 4) is 0 Å². The zero-order valence-electron chi connectivity index (χ0n) is 7.34. The monoisotopic (exact) mass is 429 g/mol. The van der Waals surface area contributed by atoms with Crippen molar-refractivity contribution in [2.75, 3.05) is 0 Å². The van der Waals surface area contributed by atoms with E-state index in [4.69, 9.17) is 18.8 Å². The van der Waals surface area contributed by atoms with Crippen molar-refractivity contribution in [3.63, 3.8) is 0 Å². The van der Waals surface area contributed by atoms with Crippen molar-refractivity contribution < 1.29 is 21.3 Å². The molecule has 0 saturated heterocycles. The van der Waals surface area contributed by atoms with Crippen molar-refractivity contribution in [2.24, 2.45) is 9.98 Å². The minimum absolute atomic E-state index is 0. The van der Waals surface area contributed by atoms with Gasteiger partial charge in [-0.2, -0.15) is 9.98 Å². The maximum Gasteiger partial charge on any atom is -0.693 e. The maximum atomic E-state index is 10.6. The van der Waals surface area contributed by atoms with E-state index in [1.165, 1.54) is 0 Å². The molecular weight excluding hydrogens is 422 g/mol. The van der Waals surface area contributed by atoms with Gasteiger partial charge in [-0.15, -0.1) is 0 Å². The first-order chi connectivity index (χ1) is 6.27. The van der Waals surface area contributed by atoms with Crippen LogP contribution in [0.2, 0.25) is 0 Å². The van der Waals surface area contributed by atoms with Crippen molar-refractivity contribution >= 4 is 24.9 Å². The summed E-state index contributed by atoms with van der Waals surface area (Å²) < 4.78 is 0. The van der Waals surface area contributed by atoms with Crippen LogP contribution in [0.1, 0.15) is 0 Å². The van der Waals surface area contributed by atoms with E-state index >= 15 is 0 Å². The third-order valence-electron chi connectivity index (χ3n) is 1.31. The first-order valence-corrected chi connectivity index (χ1v) is 8.80. The molecule has 1 heterocycles. The summed E-state index contributed by atoms with van der Waals surface area (Å²) in [6, 6.07) is 6.79. The van der Waals surface area contributed by atoms with Gasteiger partial charge in [0.25, 0.3) is 0 Å². The summed E-state index contributed by atoms with van der Waals surface area (Å²) in [5.74, 6) is 0. The molecule has 15 heavy (non-hydrogen) atoms. The summed E-state index contributed by atoms with van der Waals surface area (Å²) in [5.41, 5.74) is 0. The molecular formula is C7H8Cl2N4OPt. The largest absolute Gasteiger partial charge is 0.693 e. The molecule has 0 aliphatic carbocycles. The number of hydrogen-bond donors (Lipinski definition) is 0. The minimum Gasteiger partial charge on any atom is -0.693 e. The molecule has 1 aliphatic rings. The zero-order valence-corrected chi connectivity index (χ0v) is 11.1. The van der Waals surface area contributed by atoms with E-state index in [1.54, 1.807) is 12.1 Å². The van der Waals surface area contributed by atoms with Crippen LogP contribution in [-0.4, -0.2) is 6.03 Å². The number of nitrogens with zero attached hydrogens (tertiary/aromatic N) is 2. The Morgan fingerprint density at radius 2 is 1.33 bits per heavy atom. The van der Waals surface area contributed by atoms with Crippen molar-refractivity contribution in [1.82, 2.24) is 0 Å². The van der Waals surface area contributed by atoms with Crippen LogP contribution in [0.25, 0.3) is 12.3 Å². The van der Waals surface area contributed by atoms with Crippen LogP contribution in [0.5, 0.6) is 0 Å². The van der Waals surface area contributed by atoms with Gasteiger partial charge in [0.05, 0.1) is 10.7 Å². The number of hydrogen-bond acceptors (Lipinski definition) is 1. The van der Waals surface area contributed by atoms with Gasteiger partial charge in [-0.05, 0) is 12.1 Å². The minimum atomic E-state index is -0.472. The summed E-state index contributed by atoms with van der Waals surface area (Å²) in [7, 11) is 9.75. The van der Waals surface area contributed by atoms with Gasteiger partial charge in [-0.25, -0.2) is 4.79 Å². The topological polar surface area (TPSA) is 109 Å². The molecule has 0 unspecified atom stereocenters. The van der Waals surface area contributed by atoms with Gasteiger partial charge in [0.2, 0.25) is 0 Å². The Kier molecular flexibility index (Phi) is 10.2. The number of urea groups is 1. The van der Waals surface area contributed by atoms with Gasteiger partial charge >= 0.3 is 41.3 Å². The second-order valence-corrected chi connectivity index (χ2v) is 5.32. The number of carbonyl (C=O) groups excluding carboxylic acids is 1. The molecule has 86 valence electrons. The van der Waals surface area contributed by atoms with E-state index in [9.17, 15) is 4.79 Å². The van der Waals surface area contributed by atoms with E-state index in [1.807, 2.05) is 12.1 Å². The smallest absolute Gasteiger partial charge is 0.693 e. The molecule has 0 atom stereocenters. The van der Waals surface area contributed by atoms with Gasteiger partial charge in [0, 0.05) is 0 Å². The molecule has 5 nitrogen and oxygen atoms in total. The molecule has 0 saturated carbocycles. The van der Waals surface area contributed by atoms with Crippen molar-refractivity contribution in [2.45, 2.75) is 0 Å². The van der Waals surface area contributed by atoms with Gasteiger partial charge in [0.15, 0.2) is 0 Å². The molecule has 1 aromatic carbocycles. The quantitative estimate of drug-likeness (QED) is 0.620. The summed E-state index contributed by atoms with van der Waals surface area (Å²) in [6.07, 6.45) is 0. The number of carbonyl (C=O) groups is 1. The number of para-hydroxylation sites is 2. The van der Waals surface area contributed by atoms with Gasteiger partial charge in [-0.1, -0.05) is 12.1 Å². The molecule has 2 rings (SSSR count). The molecule has 2 amide bonds. The molecule has 0 aromatic heterocycles. The van der Waals surface area contributed by atoms with Crippen LogP contribution in [0.3, 0.4) is 0 Å². The SMILES string of the molecule is O=C1N=c2ccccc2=N1.[Cl][Pt+2][Cl].[NH2-].[NH2-]. The Balaban J connectivity index is 0. The normalized spacial score (nSPS) is 10.7.